The normalized spacial score (nSPS) is 22.8. The number of rotatable bonds is 11. The topological polar surface area (TPSA) is 104 Å². The smallest absolute Gasteiger partial charge is 0.337 e. The van der Waals surface area contributed by atoms with Crippen molar-refractivity contribution in [3.8, 4) is 5.75 Å². The lowest BCUT2D eigenvalue weighted by Gasteiger charge is -2.22. The standard InChI is InChI=1S/C21H32O8/c1-5-27-20(24)19(23)16(22)12-18-17(28-21(2,3)29-18)10-11-26-13-14-6-8-15(25-4)9-7-14/h6-9,16-19,22-23H,5,10-13H2,1-4H3/t16-,17+,18+,19+/m0/s1. The van der Waals surface area contributed by atoms with Gasteiger partial charge in [0, 0.05) is 13.0 Å². The molecule has 164 valence electrons. The Morgan fingerprint density at radius 2 is 1.83 bits per heavy atom. The first-order chi connectivity index (χ1) is 13.8. The molecule has 8 heteroatoms. The molecule has 1 aliphatic heterocycles. The zero-order valence-corrected chi connectivity index (χ0v) is 17.5. The summed E-state index contributed by atoms with van der Waals surface area (Å²) < 4.78 is 27.4. The van der Waals surface area contributed by atoms with E-state index in [1.165, 1.54) is 0 Å². The van der Waals surface area contributed by atoms with Gasteiger partial charge in [0.15, 0.2) is 11.9 Å². The average Bonchev–Trinajstić information content (AvgIpc) is 2.98. The molecule has 4 atom stereocenters. The molecular formula is C21H32O8. The number of aliphatic hydroxyl groups excluding tert-OH is 2. The largest absolute Gasteiger partial charge is 0.497 e. The molecule has 1 aromatic rings. The molecule has 1 aliphatic rings. The van der Waals surface area contributed by atoms with Gasteiger partial charge >= 0.3 is 5.97 Å². The number of hydrogen-bond acceptors (Lipinski definition) is 8. The van der Waals surface area contributed by atoms with Crippen LogP contribution < -0.4 is 4.74 Å². The maximum Gasteiger partial charge on any atom is 0.337 e. The van der Waals surface area contributed by atoms with Gasteiger partial charge in [-0.1, -0.05) is 12.1 Å². The summed E-state index contributed by atoms with van der Waals surface area (Å²) in [4.78, 5) is 11.6. The number of hydrogen-bond donors (Lipinski definition) is 2. The Morgan fingerprint density at radius 1 is 1.17 bits per heavy atom. The fourth-order valence-electron chi connectivity index (χ4n) is 3.22. The van der Waals surface area contributed by atoms with E-state index in [9.17, 15) is 15.0 Å². The number of carbonyl (C=O) groups is 1. The maximum absolute atomic E-state index is 11.6. The second kappa shape index (κ2) is 10.9. The van der Waals surface area contributed by atoms with Crippen LogP contribution in [0, 0.1) is 0 Å². The average molecular weight is 412 g/mol. The molecule has 2 N–H and O–H groups in total. The summed E-state index contributed by atoms with van der Waals surface area (Å²) in [6, 6.07) is 7.63. The third-order valence-electron chi connectivity index (χ3n) is 4.63. The van der Waals surface area contributed by atoms with Crippen LogP contribution in [0.1, 0.15) is 39.2 Å². The lowest BCUT2D eigenvalue weighted by molar-refractivity contribution is -0.163. The van der Waals surface area contributed by atoms with Crippen molar-refractivity contribution in [2.75, 3.05) is 20.3 Å². The van der Waals surface area contributed by atoms with Crippen LogP contribution in [0.3, 0.4) is 0 Å². The summed E-state index contributed by atoms with van der Waals surface area (Å²) in [5.74, 6) is -0.878. The summed E-state index contributed by atoms with van der Waals surface area (Å²) in [5.41, 5.74) is 1.03. The van der Waals surface area contributed by atoms with Crippen molar-refractivity contribution in [1.82, 2.24) is 0 Å². The van der Waals surface area contributed by atoms with Crippen LogP contribution >= 0.6 is 0 Å². The summed E-state index contributed by atoms with van der Waals surface area (Å²) in [6.45, 7) is 6.22. The Hall–Kier alpha value is -1.71. The summed E-state index contributed by atoms with van der Waals surface area (Å²) >= 11 is 0. The van der Waals surface area contributed by atoms with Crippen molar-refractivity contribution in [1.29, 1.82) is 0 Å². The van der Waals surface area contributed by atoms with Crippen LogP contribution in [-0.4, -0.2) is 66.7 Å². The molecule has 1 fully saturated rings. The predicted molar refractivity (Wildman–Crippen MR) is 104 cm³/mol. The summed E-state index contributed by atoms with van der Waals surface area (Å²) in [6.07, 6.45) is -3.13. The minimum atomic E-state index is -1.62. The highest BCUT2D eigenvalue weighted by molar-refractivity contribution is 5.75. The second-order valence-electron chi connectivity index (χ2n) is 7.40. The highest BCUT2D eigenvalue weighted by atomic mass is 16.8. The van der Waals surface area contributed by atoms with E-state index in [0.717, 1.165) is 11.3 Å². The van der Waals surface area contributed by atoms with Gasteiger partial charge in [-0.2, -0.15) is 0 Å². The molecule has 0 radical (unpaired) electrons. The molecule has 0 unspecified atom stereocenters. The quantitative estimate of drug-likeness (QED) is 0.419. The van der Waals surface area contributed by atoms with Crippen LogP contribution in [0.15, 0.2) is 24.3 Å². The highest BCUT2D eigenvalue weighted by Gasteiger charge is 2.43. The lowest BCUT2D eigenvalue weighted by atomic mass is 10.0. The van der Waals surface area contributed by atoms with Gasteiger partial charge in [-0.15, -0.1) is 0 Å². The molecule has 0 bridgehead atoms. The van der Waals surface area contributed by atoms with Crippen LogP contribution in [0.2, 0.25) is 0 Å². The van der Waals surface area contributed by atoms with Gasteiger partial charge in [0.1, 0.15) is 5.75 Å². The molecule has 0 amide bonds. The Morgan fingerprint density at radius 3 is 2.45 bits per heavy atom. The molecule has 29 heavy (non-hydrogen) atoms. The third kappa shape index (κ3) is 7.24. The lowest BCUT2D eigenvalue weighted by Crippen LogP contribution is -2.39. The minimum absolute atomic E-state index is 0.0482. The van der Waals surface area contributed by atoms with Crippen molar-refractivity contribution in [2.45, 2.75) is 70.4 Å². The van der Waals surface area contributed by atoms with Crippen LogP contribution in [0.5, 0.6) is 5.75 Å². The Labute approximate surface area is 171 Å². The number of methoxy groups -OCH3 is 1. The van der Waals surface area contributed by atoms with Crippen molar-refractivity contribution in [3.63, 3.8) is 0 Å². The van der Waals surface area contributed by atoms with Gasteiger partial charge < -0.3 is 33.9 Å². The van der Waals surface area contributed by atoms with E-state index in [1.807, 2.05) is 24.3 Å². The number of ether oxygens (including phenoxy) is 5. The Balaban J connectivity index is 1.82. The second-order valence-corrected chi connectivity index (χ2v) is 7.40. The van der Waals surface area contributed by atoms with Crippen molar-refractivity contribution < 1.29 is 38.7 Å². The molecule has 0 aliphatic carbocycles. The number of aliphatic hydroxyl groups is 2. The van der Waals surface area contributed by atoms with Gasteiger partial charge in [0.25, 0.3) is 0 Å². The van der Waals surface area contributed by atoms with Crippen LogP contribution in [-0.2, 0) is 30.3 Å². The molecule has 1 heterocycles. The number of esters is 1. The molecule has 0 aromatic heterocycles. The van der Waals surface area contributed by atoms with Crippen molar-refractivity contribution >= 4 is 5.97 Å². The van der Waals surface area contributed by atoms with Gasteiger partial charge in [-0.3, -0.25) is 0 Å². The minimum Gasteiger partial charge on any atom is -0.497 e. The SMILES string of the molecule is CCOC(=O)[C@H](O)[C@@H](O)C[C@H]1OC(C)(C)O[C@@H]1CCOCc1ccc(OC)cc1. The van der Waals surface area contributed by atoms with E-state index in [-0.39, 0.29) is 19.1 Å². The van der Waals surface area contributed by atoms with Gasteiger partial charge in [-0.05, 0) is 44.9 Å². The molecule has 8 nitrogen and oxygen atoms in total. The monoisotopic (exact) mass is 412 g/mol. The summed E-state index contributed by atoms with van der Waals surface area (Å²) in [7, 11) is 1.62. The van der Waals surface area contributed by atoms with E-state index < -0.39 is 30.1 Å². The van der Waals surface area contributed by atoms with Crippen molar-refractivity contribution in [2.24, 2.45) is 0 Å². The molecular weight excluding hydrogens is 380 g/mol. The fourth-order valence-corrected chi connectivity index (χ4v) is 3.22. The first kappa shape index (κ1) is 23.6. The molecule has 0 saturated carbocycles. The van der Waals surface area contributed by atoms with E-state index >= 15 is 0 Å². The maximum atomic E-state index is 11.6. The van der Waals surface area contributed by atoms with E-state index in [2.05, 4.69) is 0 Å². The molecule has 1 aromatic carbocycles. The van der Waals surface area contributed by atoms with E-state index in [0.29, 0.717) is 19.6 Å². The number of benzene rings is 1. The van der Waals surface area contributed by atoms with E-state index in [1.54, 1.807) is 27.9 Å². The fraction of sp³-hybridized carbons (Fsp3) is 0.667. The molecule has 0 spiro atoms. The van der Waals surface area contributed by atoms with Gasteiger partial charge in [0.05, 0.1) is 38.6 Å². The zero-order chi connectivity index (χ0) is 21.4. The van der Waals surface area contributed by atoms with Crippen LogP contribution in [0.25, 0.3) is 0 Å². The van der Waals surface area contributed by atoms with Crippen molar-refractivity contribution in [3.05, 3.63) is 29.8 Å². The van der Waals surface area contributed by atoms with E-state index in [4.69, 9.17) is 23.7 Å². The number of carbonyl (C=O) groups excluding carboxylic acids is 1. The molecule has 2 rings (SSSR count). The van der Waals surface area contributed by atoms with Gasteiger partial charge in [-0.25, -0.2) is 4.79 Å². The summed E-state index contributed by atoms with van der Waals surface area (Å²) in [5, 5.41) is 20.1. The predicted octanol–water partition coefficient (Wildman–Crippen LogP) is 1.80. The molecule has 1 saturated heterocycles. The Kier molecular flexibility index (Phi) is 8.85. The first-order valence-corrected chi connectivity index (χ1v) is 9.84. The first-order valence-electron chi connectivity index (χ1n) is 9.84. The van der Waals surface area contributed by atoms with Gasteiger partial charge in [0.2, 0.25) is 0 Å². The Bertz CT molecular complexity index is 630. The zero-order valence-electron chi connectivity index (χ0n) is 17.5. The van der Waals surface area contributed by atoms with Crippen LogP contribution in [0.4, 0.5) is 0 Å². The highest BCUT2D eigenvalue weighted by Crippen LogP contribution is 2.32. The third-order valence-corrected chi connectivity index (χ3v) is 4.63.